The van der Waals surface area contributed by atoms with Gasteiger partial charge in [-0.2, -0.15) is 0 Å². The molecule has 1 aliphatic heterocycles. The van der Waals surface area contributed by atoms with Gasteiger partial charge in [0.15, 0.2) is 5.78 Å². The van der Waals surface area contributed by atoms with Crippen LogP contribution in [0.3, 0.4) is 0 Å². The summed E-state index contributed by atoms with van der Waals surface area (Å²) in [5, 5.41) is 3.92. The Labute approximate surface area is 149 Å². The van der Waals surface area contributed by atoms with Gasteiger partial charge in [0, 0.05) is 32.9 Å². The van der Waals surface area contributed by atoms with Gasteiger partial charge in [-0.05, 0) is 44.0 Å². The van der Waals surface area contributed by atoms with Crippen molar-refractivity contribution in [1.82, 2.24) is 5.32 Å². The molecule has 2 aromatic rings. The van der Waals surface area contributed by atoms with Crippen LogP contribution >= 0.6 is 27.5 Å². The summed E-state index contributed by atoms with van der Waals surface area (Å²) >= 11 is 9.55. The van der Waals surface area contributed by atoms with Gasteiger partial charge in [-0.15, -0.1) is 0 Å². The highest BCUT2D eigenvalue weighted by Gasteiger charge is 2.27. The number of hydrogen-bond acceptors (Lipinski definition) is 2. The zero-order valence-electron chi connectivity index (χ0n) is 13.0. The lowest BCUT2D eigenvalue weighted by molar-refractivity contribution is 0.104. The van der Waals surface area contributed by atoms with Crippen LogP contribution in [0.5, 0.6) is 0 Å². The molecule has 0 aliphatic carbocycles. The van der Waals surface area contributed by atoms with Crippen molar-refractivity contribution in [2.75, 3.05) is 0 Å². The molecule has 0 aromatic heterocycles. The van der Waals surface area contributed by atoms with Gasteiger partial charge in [0.2, 0.25) is 0 Å². The third-order valence-electron chi connectivity index (χ3n) is 3.89. The monoisotopic (exact) mass is 389 g/mol. The number of carbonyl (C=O) groups excluding carboxylic acids is 1. The van der Waals surface area contributed by atoms with Crippen molar-refractivity contribution in [2.24, 2.45) is 0 Å². The van der Waals surface area contributed by atoms with E-state index in [0.29, 0.717) is 10.6 Å². The molecule has 0 bridgehead atoms. The lowest BCUT2D eigenvalue weighted by atomic mass is 9.85. The van der Waals surface area contributed by atoms with Gasteiger partial charge in [0.05, 0.1) is 5.02 Å². The van der Waals surface area contributed by atoms with E-state index in [1.165, 1.54) is 5.56 Å². The maximum atomic E-state index is 12.6. The minimum Gasteiger partial charge on any atom is -0.379 e. The van der Waals surface area contributed by atoms with Crippen LogP contribution in [0, 0.1) is 0 Å². The van der Waals surface area contributed by atoms with Gasteiger partial charge in [0.1, 0.15) is 0 Å². The normalized spacial score (nSPS) is 17.5. The molecular formula is C19H17BrClNO. The molecule has 3 rings (SSSR count). The molecule has 0 fully saturated rings. The number of fused-ring (bicyclic) bond motifs is 1. The first-order valence-electron chi connectivity index (χ1n) is 7.43. The molecule has 2 nitrogen and oxygen atoms in total. The molecule has 0 atom stereocenters. The second kappa shape index (κ2) is 6.14. The summed E-state index contributed by atoms with van der Waals surface area (Å²) in [5.74, 6) is -0.0995. The molecule has 0 saturated heterocycles. The Kier molecular flexibility index (Phi) is 4.35. The average Bonchev–Trinajstić information content (AvgIpc) is 2.45. The Morgan fingerprint density at radius 3 is 2.74 bits per heavy atom. The predicted molar refractivity (Wildman–Crippen MR) is 98.8 cm³/mol. The van der Waals surface area contributed by atoms with E-state index in [9.17, 15) is 4.79 Å². The first-order valence-corrected chi connectivity index (χ1v) is 8.60. The van der Waals surface area contributed by atoms with E-state index in [0.717, 1.165) is 22.2 Å². The zero-order valence-corrected chi connectivity index (χ0v) is 15.3. The number of halogens is 2. The molecule has 0 saturated carbocycles. The molecule has 4 heteroatoms. The van der Waals surface area contributed by atoms with Gasteiger partial charge in [-0.25, -0.2) is 0 Å². The number of rotatable bonds is 2. The van der Waals surface area contributed by atoms with Crippen LogP contribution in [0.1, 0.15) is 35.3 Å². The quantitative estimate of drug-likeness (QED) is 0.560. The topological polar surface area (TPSA) is 29.1 Å². The van der Waals surface area contributed by atoms with Gasteiger partial charge >= 0.3 is 0 Å². The largest absolute Gasteiger partial charge is 0.379 e. The Hall–Kier alpha value is -1.58. The minimum absolute atomic E-state index is 0.0933. The third-order valence-corrected chi connectivity index (χ3v) is 4.69. The van der Waals surface area contributed by atoms with E-state index in [1.807, 2.05) is 24.3 Å². The first kappa shape index (κ1) is 16.3. The summed E-state index contributed by atoms with van der Waals surface area (Å²) in [6.45, 7) is 4.27. The van der Waals surface area contributed by atoms with Crippen LogP contribution < -0.4 is 5.32 Å². The van der Waals surface area contributed by atoms with Gasteiger partial charge in [0.25, 0.3) is 0 Å². The van der Waals surface area contributed by atoms with Gasteiger partial charge < -0.3 is 5.32 Å². The smallest absolute Gasteiger partial charge is 0.189 e. The van der Waals surface area contributed by atoms with Crippen LogP contribution in [-0.4, -0.2) is 11.3 Å². The lowest BCUT2D eigenvalue weighted by Crippen LogP contribution is -2.43. The summed E-state index contributed by atoms with van der Waals surface area (Å²) in [6.07, 6.45) is 2.57. The number of benzene rings is 2. The van der Waals surface area contributed by atoms with E-state index in [-0.39, 0.29) is 11.3 Å². The number of hydrogen-bond donors (Lipinski definition) is 1. The molecule has 1 heterocycles. The highest BCUT2D eigenvalue weighted by atomic mass is 79.9. The van der Waals surface area contributed by atoms with Gasteiger partial charge in [-0.3, -0.25) is 4.79 Å². The van der Waals surface area contributed by atoms with Crippen molar-refractivity contribution < 1.29 is 4.79 Å². The average molecular weight is 391 g/mol. The molecule has 0 radical (unpaired) electrons. The number of ketones is 1. The fourth-order valence-electron chi connectivity index (χ4n) is 2.90. The zero-order chi connectivity index (χ0) is 16.6. The van der Waals surface area contributed by atoms with Crippen molar-refractivity contribution in [3.63, 3.8) is 0 Å². The summed E-state index contributed by atoms with van der Waals surface area (Å²) in [4.78, 5) is 12.6. The van der Waals surface area contributed by atoms with E-state index in [2.05, 4.69) is 41.2 Å². The Bertz CT molecular complexity index is 811. The Morgan fingerprint density at radius 2 is 2.00 bits per heavy atom. The second-order valence-electron chi connectivity index (χ2n) is 6.39. The van der Waals surface area contributed by atoms with Crippen molar-refractivity contribution in [1.29, 1.82) is 0 Å². The maximum Gasteiger partial charge on any atom is 0.189 e. The molecule has 1 aliphatic rings. The second-order valence-corrected chi connectivity index (χ2v) is 7.71. The van der Waals surface area contributed by atoms with Crippen LogP contribution in [0.4, 0.5) is 0 Å². The van der Waals surface area contributed by atoms with E-state index in [4.69, 9.17) is 11.6 Å². The molecule has 0 amide bonds. The van der Waals surface area contributed by atoms with E-state index >= 15 is 0 Å². The molecule has 0 spiro atoms. The third kappa shape index (κ3) is 3.51. The standard InChI is InChI=1S/C19H17BrClNO/c1-19(2)11-12-5-3-4-6-14(12)17(22-19)10-18(23)15-8-7-13(20)9-16(15)21/h3-10,22H,11H2,1-2H3/b17-10-. The fraction of sp³-hybridized carbons (Fsp3) is 0.211. The molecule has 23 heavy (non-hydrogen) atoms. The molecule has 0 unspecified atom stereocenters. The van der Waals surface area contributed by atoms with Gasteiger partial charge in [-0.1, -0.05) is 51.8 Å². The van der Waals surface area contributed by atoms with Crippen molar-refractivity contribution in [3.8, 4) is 0 Å². The summed E-state index contributed by atoms with van der Waals surface area (Å²) in [6, 6.07) is 13.5. The van der Waals surface area contributed by atoms with Crippen LogP contribution in [0.25, 0.3) is 5.70 Å². The van der Waals surface area contributed by atoms with Crippen LogP contribution in [0.2, 0.25) is 5.02 Å². The molecular weight excluding hydrogens is 374 g/mol. The molecule has 1 N–H and O–H groups in total. The molecule has 118 valence electrons. The van der Waals surface area contributed by atoms with Crippen molar-refractivity contribution >= 4 is 39.0 Å². The first-order chi connectivity index (χ1) is 10.9. The van der Waals surface area contributed by atoms with Crippen LogP contribution in [-0.2, 0) is 6.42 Å². The summed E-state index contributed by atoms with van der Waals surface area (Å²) < 4.78 is 0.856. The summed E-state index contributed by atoms with van der Waals surface area (Å²) in [5.41, 5.74) is 3.58. The lowest BCUT2D eigenvalue weighted by Gasteiger charge is -2.35. The van der Waals surface area contributed by atoms with Crippen molar-refractivity contribution in [3.05, 3.63) is 74.7 Å². The highest BCUT2D eigenvalue weighted by Crippen LogP contribution is 2.30. The maximum absolute atomic E-state index is 12.6. The number of nitrogens with one attached hydrogen (secondary N) is 1. The number of carbonyl (C=O) groups is 1. The van der Waals surface area contributed by atoms with E-state index in [1.54, 1.807) is 18.2 Å². The minimum atomic E-state index is -0.0995. The number of allylic oxidation sites excluding steroid dienone is 1. The van der Waals surface area contributed by atoms with Crippen LogP contribution in [0.15, 0.2) is 53.0 Å². The highest BCUT2D eigenvalue weighted by molar-refractivity contribution is 9.10. The SMILES string of the molecule is CC1(C)Cc2ccccc2/C(=C/C(=O)c2ccc(Br)cc2Cl)N1. The van der Waals surface area contributed by atoms with Crippen molar-refractivity contribution in [2.45, 2.75) is 25.8 Å². The molecule has 2 aromatic carbocycles. The Morgan fingerprint density at radius 1 is 1.26 bits per heavy atom. The predicted octanol–water partition coefficient (Wildman–Crippen LogP) is 5.25. The summed E-state index contributed by atoms with van der Waals surface area (Å²) in [7, 11) is 0. The Balaban J connectivity index is 2.03. The fourth-order valence-corrected chi connectivity index (χ4v) is 3.67. The van der Waals surface area contributed by atoms with E-state index < -0.39 is 0 Å².